The van der Waals surface area contributed by atoms with Crippen LogP contribution in [0.5, 0.6) is 5.75 Å². The van der Waals surface area contributed by atoms with Crippen molar-refractivity contribution >= 4 is 46.6 Å². The quantitative estimate of drug-likeness (QED) is 0.304. The van der Waals surface area contributed by atoms with Crippen LogP contribution in [0.3, 0.4) is 0 Å². The molecule has 3 aromatic rings. The molecule has 2 aromatic carbocycles. The van der Waals surface area contributed by atoms with Gasteiger partial charge in [-0.15, -0.1) is 16.8 Å². The zero-order chi connectivity index (χ0) is 19.2. The first kappa shape index (κ1) is 20.1. The second kappa shape index (κ2) is 9.51. The van der Waals surface area contributed by atoms with Crippen LogP contribution in [0.25, 0.3) is 0 Å². The van der Waals surface area contributed by atoms with Crippen LogP contribution in [0.4, 0.5) is 0 Å². The summed E-state index contributed by atoms with van der Waals surface area (Å²) in [4.78, 5) is 0. The summed E-state index contributed by atoms with van der Waals surface area (Å²) in [5.41, 5.74) is 1.05. The molecule has 140 valence electrons. The second-order valence-electron chi connectivity index (χ2n) is 5.55. The van der Waals surface area contributed by atoms with E-state index in [2.05, 4.69) is 16.8 Å². The van der Waals surface area contributed by atoms with Crippen molar-refractivity contribution in [3.63, 3.8) is 0 Å². The molecule has 3 rings (SSSR count). The maximum Gasteiger partial charge on any atom is 0.191 e. The van der Waals surface area contributed by atoms with Crippen LogP contribution < -0.4 is 4.74 Å². The van der Waals surface area contributed by atoms with Gasteiger partial charge in [0.2, 0.25) is 0 Å². The molecule has 0 aliphatic carbocycles. The number of ether oxygens (including phenoxy) is 1. The lowest BCUT2D eigenvalue weighted by molar-refractivity contribution is 0.289. The van der Waals surface area contributed by atoms with Gasteiger partial charge in [0, 0.05) is 12.3 Å². The van der Waals surface area contributed by atoms with Gasteiger partial charge < -0.3 is 4.74 Å². The van der Waals surface area contributed by atoms with Gasteiger partial charge in [-0.1, -0.05) is 70.8 Å². The molecule has 1 aromatic heterocycles. The Balaban J connectivity index is 1.71. The van der Waals surface area contributed by atoms with Gasteiger partial charge in [0.05, 0.1) is 15.1 Å². The van der Waals surface area contributed by atoms with E-state index < -0.39 is 0 Å². The molecule has 8 heteroatoms. The molecule has 0 saturated carbocycles. The molecule has 0 fully saturated rings. The molecule has 0 atom stereocenters. The minimum atomic E-state index is 0.262. The molecule has 0 amide bonds. The number of hydrogen-bond acceptors (Lipinski definition) is 4. The van der Waals surface area contributed by atoms with E-state index in [-0.39, 0.29) is 6.61 Å². The summed E-state index contributed by atoms with van der Waals surface area (Å²) < 4.78 is 7.75. The third-order valence-electron chi connectivity index (χ3n) is 3.65. The molecule has 0 spiro atoms. The van der Waals surface area contributed by atoms with E-state index >= 15 is 0 Å². The number of allylic oxidation sites excluding steroid dienone is 1. The third kappa shape index (κ3) is 5.20. The predicted molar refractivity (Wildman–Crippen MR) is 112 cm³/mol. The van der Waals surface area contributed by atoms with Crippen molar-refractivity contribution in [2.24, 2.45) is 0 Å². The Kier molecular flexibility index (Phi) is 7.07. The van der Waals surface area contributed by atoms with Gasteiger partial charge in [0.1, 0.15) is 12.4 Å². The molecule has 0 bridgehead atoms. The summed E-state index contributed by atoms with van der Waals surface area (Å²) in [6.07, 6.45) is 1.80. The van der Waals surface area contributed by atoms with E-state index in [1.165, 1.54) is 0 Å². The molecule has 0 N–H and O–H groups in total. The van der Waals surface area contributed by atoms with Crippen molar-refractivity contribution in [2.75, 3.05) is 0 Å². The van der Waals surface area contributed by atoms with Crippen LogP contribution in [0.2, 0.25) is 15.1 Å². The van der Waals surface area contributed by atoms with Crippen LogP contribution in [-0.4, -0.2) is 14.8 Å². The Hall–Kier alpha value is -1.66. The van der Waals surface area contributed by atoms with E-state index in [0.717, 1.165) is 10.7 Å². The fraction of sp³-hybridized carbons (Fsp3) is 0.158. The van der Waals surface area contributed by atoms with E-state index in [9.17, 15) is 0 Å². The van der Waals surface area contributed by atoms with Crippen molar-refractivity contribution < 1.29 is 4.74 Å². The monoisotopic (exact) mass is 439 g/mol. The zero-order valence-electron chi connectivity index (χ0n) is 14.2. The number of hydrogen-bond donors (Lipinski definition) is 0. The molecule has 27 heavy (non-hydrogen) atoms. The second-order valence-corrected chi connectivity index (χ2v) is 7.72. The minimum absolute atomic E-state index is 0.262. The molecule has 1 heterocycles. The number of benzene rings is 2. The zero-order valence-corrected chi connectivity index (χ0v) is 17.3. The number of halogens is 3. The van der Waals surface area contributed by atoms with Gasteiger partial charge in [0.15, 0.2) is 11.0 Å². The van der Waals surface area contributed by atoms with Crippen LogP contribution >= 0.6 is 46.6 Å². The highest BCUT2D eigenvalue weighted by molar-refractivity contribution is 7.98. The molecule has 0 saturated heterocycles. The van der Waals surface area contributed by atoms with E-state index in [1.807, 2.05) is 34.9 Å². The number of nitrogens with zero attached hydrogens (tertiary/aromatic N) is 3. The average molecular weight is 441 g/mol. The number of aromatic nitrogens is 3. The van der Waals surface area contributed by atoms with Gasteiger partial charge in [-0.25, -0.2) is 0 Å². The summed E-state index contributed by atoms with van der Waals surface area (Å²) in [5, 5.41) is 10.9. The van der Waals surface area contributed by atoms with Gasteiger partial charge in [-0.05, 0) is 29.8 Å². The number of para-hydroxylation sites is 1. The largest absolute Gasteiger partial charge is 0.484 e. The first-order valence-electron chi connectivity index (χ1n) is 8.05. The number of thioether (sulfide) groups is 1. The fourth-order valence-corrected chi connectivity index (χ4v) is 3.75. The molecular weight excluding hydrogens is 425 g/mol. The minimum Gasteiger partial charge on any atom is -0.484 e. The predicted octanol–water partition coefficient (Wildman–Crippen LogP) is 6.30. The van der Waals surface area contributed by atoms with Crippen LogP contribution in [0, 0.1) is 0 Å². The SMILES string of the molecule is C=CCn1c(COc2ccccc2Cl)nnc1SCc1ccc(Cl)c(Cl)c1. The lowest BCUT2D eigenvalue weighted by Gasteiger charge is -2.10. The normalized spacial score (nSPS) is 10.8. The Labute approximate surface area is 177 Å². The highest BCUT2D eigenvalue weighted by Crippen LogP contribution is 2.28. The molecule has 4 nitrogen and oxygen atoms in total. The topological polar surface area (TPSA) is 39.9 Å². The first-order valence-corrected chi connectivity index (χ1v) is 10.2. The van der Waals surface area contributed by atoms with E-state index in [0.29, 0.717) is 38.9 Å². The Bertz CT molecular complexity index is 946. The van der Waals surface area contributed by atoms with Gasteiger partial charge in [-0.3, -0.25) is 4.57 Å². The first-order chi connectivity index (χ1) is 13.1. The maximum atomic E-state index is 6.13. The fourth-order valence-electron chi connectivity index (χ4n) is 2.33. The van der Waals surface area contributed by atoms with Crippen LogP contribution in [0.1, 0.15) is 11.4 Å². The molecule has 0 aliphatic rings. The Morgan fingerprint density at radius 2 is 1.85 bits per heavy atom. The van der Waals surface area contributed by atoms with Crippen molar-refractivity contribution in [3.8, 4) is 5.75 Å². The average Bonchev–Trinajstić information content (AvgIpc) is 3.04. The molecule has 0 aliphatic heterocycles. The highest BCUT2D eigenvalue weighted by Gasteiger charge is 2.13. The summed E-state index contributed by atoms with van der Waals surface area (Å²) in [5.74, 6) is 2.00. The Morgan fingerprint density at radius 3 is 2.59 bits per heavy atom. The molecule has 0 radical (unpaired) electrons. The van der Waals surface area contributed by atoms with Crippen molar-refractivity contribution in [1.29, 1.82) is 0 Å². The molecule has 0 unspecified atom stereocenters. The summed E-state index contributed by atoms with van der Waals surface area (Å²) in [6.45, 7) is 4.65. The van der Waals surface area contributed by atoms with Gasteiger partial charge >= 0.3 is 0 Å². The van der Waals surface area contributed by atoms with E-state index in [1.54, 1.807) is 30.0 Å². The number of rotatable bonds is 8. The summed E-state index contributed by atoms with van der Waals surface area (Å²) >= 11 is 19.7. The van der Waals surface area contributed by atoms with Gasteiger partial charge in [-0.2, -0.15) is 0 Å². The summed E-state index contributed by atoms with van der Waals surface area (Å²) in [7, 11) is 0. The Morgan fingerprint density at radius 1 is 1.04 bits per heavy atom. The van der Waals surface area contributed by atoms with Crippen LogP contribution in [-0.2, 0) is 18.9 Å². The van der Waals surface area contributed by atoms with Crippen molar-refractivity contribution in [3.05, 3.63) is 81.6 Å². The van der Waals surface area contributed by atoms with Crippen molar-refractivity contribution in [1.82, 2.24) is 14.8 Å². The maximum absolute atomic E-state index is 6.13. The highest BCUT2D eigenvalue weighted by atomic mass is 35.5. The summed E-state index contributed by atoms with van der Waals surface area (Å²) in [6, 6.07) is 12.9. The lowest BCUT2D eigenvalue weighted by atomic mass is 10.2. The standard InChI is InChI=1S/C19H16Cl3N3OS/c1-2-9-25-18(11-26-17-6-4-3-5-15(17)21)23-24-19(25)27-12-13-7-8-14(20)16(22)10-13/h2-8,10H,1,9,11-12H2. The van der Waals surface area contributed by atoms with E-state index in [4.69, 9.17) is 39.5 Å². The smallest absolute Gasteiger partial charge is 0.191 e. The third-order valence-corrected chi connectivity index (χ3v) is 5.74. The van der Waals surface area contributed by atoms with Crippen molar-refractivity contribution in [2.45, 2.75) is 24.1 Å². The van der Waals surface area contributed by atoms with Gasteiger partial charge in [0.25, 0.3) is 0 Å². The van der Waals surface area contributed by atoms with Crippen LogP contribution in [0.15, 0.2) is 60.3 Å². The molecular formula is C19H16Cl3N3OS. The lowest BCUT2D eigenvalue weighted by Crippen LogP contribution is -2.07.